The summed E-state index contributed by atoms with van der Waals surface area (Å²) in [6.07, 6.45) is 0.158. The second kappa shape index (κ2) is 11.7. The lowest BCUT2D eigenvalue weighted by Gasteiger charge is -2.16. The third-order valence-electron chi connectivity index (χ3n) is 4.58. The molecule has 3 aromatic rings. The SMILES string of the molecule is CCCOc1ccc(C(=O)Nc2ccc(NC(=O)C(C)Oc3ccccc3Cl)cc2)cc1Br. The predicted molar refractivity (Wildman–Crippen MR) is 134 cm³/mol. The number of nitrogens with one attached hydrogen (secondary N) is 2. The van der Waals surface area contributed by atoms with Gasteiger partial charge in [-0.3, -0.25) is 9.59 Å². The lowest BCUT2D eigenvalue weighted by molar-refractivity contribution is -0.122. The first-order chi connectivity index (χ1) is 15.9. The van der Waals surface area contributed by atoms with Crippen molar-refractivity contribution in [1.82, 2.24) is 0 Å². The van der Waals surface area contributed by atoms with E-state index in [4.69, 9.17) is 21.1 Å². The van der Waals surface area contributed by atoms with Crippen molar-refractivity contribution in [3.8, 4) is 11.5 Å². The maximum absolute atomic E-state index is 12.6. The molecule has 0 saturated carbocycles. The second-order valence-corrected chi connectivity index (χ2v) is 8.47. The van der Waals surface area contributed by atoms with E-state index in [9.17, 15) is 9.59 Å². The van der Waals surface area contributed by atoms with Crippen molar-refractivity contribution in [2.24, 2.45) is 0 Å². The zero-order chi connectivity index (χ0) is 23.8. The van der Waals surface area contributed by atoms with E-state index in [0.29, 0.717) is 40.1 Å². The Morgan fingerprint density at radius 2 is 1.64 bits per heavy atom. The monoisotopic (exact) mass is 530 g/mol. The average molecular weight is 532 g/mol. The predicted octanol–water partition coefficient (Wildman–Crippen LogP) is 6.55. The topological polar surface area (TPSA) is 76.7 Å². The van der Waals surface area contributed by atoms with Crippen LogP contribution in [0.2, 0.25) is 5.02 Å². The van der Waals surface area contributed by atoms with Crippen LogP contribution in [0.4, 0.5) is 11.4 Å². The number of hydrogen-bond acceptors (Lipinski definition) is 4. The highest BCUT2D eigenvalue weighted by molar-refractivity contribution is 9.10. The summed E-state index contributed by atoms with van der Waals surface area (Å²) in [4.78, 5) is 25.0. The molecule has 2 amide bonds. The van der Waals surface area contributed by atoms with E-state index < -0.39 is 6.10 Å². The summed E-state index contributed by atoms with van der Waals surface area (Å²) in [5, 5.41) is 6.06. The summed E-state index contributed by atoms with van der Waals surface area (Å²) in [6.45, 7) is 4.28. The van der Waals surface area contributed by atoms with Crippen molar-refractivity contribution < 1.29 is 19.1 Å². The van der Waals surface area contributed by atoms with Crippen LogP contribution in [-0.2, 0) is 4.79 Å². The molecule has 0 aromatic heterocycles. The Balaban J connectivity index is 1.56. The quantitative estimate of drug-likeness (QED) is 0.328. The standard InChI is InChI=1S/C25H24BrClN2O4/c1-3-14-32-22-13-8-17(15-20(22)26)25(31)29-19-11-9-18(10-12-19)28-24(30)16(2)33-23-7-5-4-6-21(23)27/h4-13,15-16H,3,14H2,1-2H3,(H,28,30)(H,29,31). The van der Waals surface area contributed by atoms with Gasteiger partial charge in [-0.25, -0.2) is 0 Å². The molecule has 0 aliphatic rings. The number of para-hydroxylation sites is 1. The van der Waals surface area contributed by atoms with Crippen LogP contribution >= 0.6 is 27.5 Å². The third kappa shape index (κ3) is 6.97. The molecule has 0 fully saturated rings. The van der Waals surface area contributed by atoms with Gasteiger partial charge >= 0.3 is 0 Å². The molecule has 33 heavy (non-hydrogen) atoms. The molecular formula is C25H24BrClN2O4. The number of amides is 2. The summed E-state index contributed by atoms with van der Waals surface area (Å²) in [7, 11) is 0. The third-order valence-corrected chi connectivity index (χ3v) is 5.51. The van der Waals surface area contributed by atoms with Gasteiger partial charge in [-0.1, -0.05) is 30.7 Å². The Morgan fingerprint density at radius 1 is 0.970 bits per heavy atom. The highest BCUT2D eigenvalue weighted by Gasteiger charge is 2.16. The van der Waals surface area contributed by atoms with Crippen LogP contribution in [0.3, 0.4) is 0 Å². The van der Waals surface area contributed by atoms with Crippen LogP contribution in [0.15, 0.2) is 71.2 Å². The van der Waals surface area contributed by atoms with Gasteiger partial charge in [0.2, 0.25) is 0 Å². The molecule has 0 aliphatic heterocycles. The van der Waals surface area contributed by atoms with Crippen molar-refractivity contribution in [1.29, 1.82) is 0 Å². The van der Waals surface area contributed by atoms with E-state index in [-0.39, 0.29) is 11.8 Å². The van der Waals surface area contributed by atoms with Gasteiger partial charge in [0.1, 0.15) is 11.5 Å². The number of rotatable bonds is 9. The van der Waals surface area contributed by atoms with Crippen molar-refractivity contribution >= 4 is 50.7 Å². The number of carbonyl (C=O) groups is 2. The molecule has 0 saturated heterocycles. The maximum Gasteiger partial charge on any atom is 0.265 e. The van der Waals surface area contributed by atoms with Gasteiger partial charge in [-0.15, -0.1) is 0 Å². The first kappa shape index (κ1) is 24.6. The molecule has 0 bridgehead atoms. The zero-order valence-electron chi connectivity index (χ0n) is 18.2. The van der Waals surface area contributed by atoms with Gasteiger partial charge in [-0.2, -0.15) is 0 Å². The zero-order valence-corrected chi connectivity index (χ0v) is 20.6. The van der Waals surface area contributed by atoms with Crippen LogP contribution in [0.25, 0.3) is 0 Å². The van der Waals surface area contributed by atoms with Crippen LogP contribution in [0, 0.1) is 0 Å². The summed E-state index contributed by atoms with van der Waals surface area (Å²) >= 11 is 9.51. The molecule has 6 nitrogen and oxygen atoms in total. The maximum atomic E-state index is 12.6. The van der Waals surface area contributed by atoms with E-state index >= 15 is 0 Å². The molecule has 0 spiro atoms. The molecule has 8 heteroatoms. The highest BCUT2D eigenvalue weighted by Crippen LogP contribution is 2.27. The normalized spacial score (nSPS) is 11.4. The van der Waals surface area contributed by atoms with E-state index in [1.807, 2.05) is 6.92 Å². The van der Waals surface area contributed by atoms with Gasteiger partial charge < -0.3 is 20.1 Å². The Bertz CT molecular complexity index is 1120. The largest absolute Gasteiger partial charge is 0.492 e. The van der Waals surface area contributed by atoms with E-state index in [2.05, 4.69) is 26.6 Å². The van der Waals surface area contributed by atoms with E-state index in [1.165, 1.54) is 0 Å². The molecule has 2 N–H and O–H groups in total. The Morgan fingerprint density at radius 3 is 2.27 bits per heavy atom. The van der Waals surface area contributed by atoms with Crippen LogP contribution in [-0.4, -0.2) is 24.5 Å². The molecule has 3 rings (SSSR count). The first-order valence-electron chi connectivity index (χ1n) is 10.4. The average Bonchev–Trinajstić information content (AvgIpc) is 2.81. The minimum atomic E-state index is -0.744. The minimum absolute atomic E-state index is 0.253. The smallest absolute Gasteiger partial charge is 0.265 e. The van der Waals surface area contributed by atoms with Crippen LogP contribution in [0.1, 0.15) is 30.6 Å². The van der Waals surface area contributed by atoms with Crippen molar-refractivity contribution in [2.45, 2.75) is 26.4 Å². The van der Waals surface area contributed by atoms with Crippen molar-refractivity contribution in [2.75, 3.05) is 17.2 Å². The molecule has 0 radical (unpaired) electrons. The minimum Gasteiger partial charge on any atom is -0.492 e. The summed E-state index contributed by atoms with van der Waals surface area (Å²) < 4.78 is 12.0. The fraction of sp³-hybridized carbons (Fsp3) is 0.200. The molecule has 3 aromatic carbocycles. The number of carbonyl (C=O) groups excluding carboxylic acids is 2. The summed E-state index contributed by atoms with van der Waals surface area (Å²) in [5.41, 5.74) is 1.67. The summed E-state index contributed by atoms with van der Waals surface area (Å²) in [6, 6.07) is 19.0. The lowest BCUT2D eigenvalue weighted by Crippen LogP contribution is -2.30. The number of halogens is 2. The van der Waals surface area contributed by atoms with Gasteiger partial charge in [0.15, 0.2) is 6.10 Å². The molecule has 1 unspecified atom stereocenters. The second-order valence-electron chi connectivity index (χ2n) is 7.20. The Labute approximate surface area is 206 Å². The first-order valence-corrected chi connectivity index (χ1v) is 11.6. The number of anilines is 2. The molecule has 0 heterocycles. The van der Waals surface area contributed by atoms with Crippen molar-refractivity contribution in [3.05, 3.63) is 81.8 Å². The van der Waals surface area contributed by atoms with Gasteiger partial charge in [0.05, 0.1) is 16.1 Å². The number of hydrogen-bond donors (Lipinski definition) is 2. The van der Waals surface area contributed by atoms with Gasteiger partial charge in [0, 0.05) is 16.9 Å². The number of benzene rings is 3. The fourth-order valence-electron chi connectivity index (χ4n) is 2.84. The molecule has 0 aliphatic carbocycles. The molecular weight excluding hydrogens is 508 g/mol. The highest BCUT2D eigenvalue weighted by atomic mass is 79.9. The van der Waals surface area contributed by atoms with Gasteiger partial charge in [0.25, 0.3) is 11.8 Å². The van der Waals surface area contributed by atoms with Crippen molar-refractivity contribution in [3.63, 3.8) is 0 Å². The van der Waals surface area contributed by atoms with Crippen LogP contribution < -0.4 is 20.1 Å². The molecule has 172 valence electrons. The van der Waals surface area contributed by atoms with E-state index in [0.717, 1.165) is 10.9 Å². The van der Waals surface area contributed by atoms with Crippen LogP contribution in [0.5, 0.6) is 11.5 Å². The Hall–Kier alpha value is -3.03. The Kier molecular flexibility index (Phi) is 8.74. The molecule has 1 atom stereocenters. The lowest BCUT2D eigenvalue weighted by atomic mass is 10.2. The summed E-state index contributed by atoms with van der Waals surface area (Å²) in [5.74, 6) is 0.566. The number of ether oxygens (including phenoxy) is 2. The fourth-order valence-corrected chi connectivity index (χ4v) is 3.51. The van der Waals surface area contributed by atoms with E-state index in [1.54, 1.807) is 73.7 Å². The van der Waals surface area contributed by atoms with Gasteiger partial charge in [-0.05, 0) is 83.9 Å².